The number of phenolic OH excluding ortho intramolecular Hbond substituents is 1. The standard InChI is InChI=1S/C34H27Cl2F3N4O8/c1-50-17-10-23(44)26(24(11-17)51-2)27-18-7-8-19-25(31(47)43(49)29(19)45)20(18)12-21-30(46)42(32(48)33(21,27)14-3-5-16(35)6-4-14)41-28-22(36)9-15(13-40-28)34(37,38)39/h3-7,9-11,13,19-21,25,27,44,49H,8,12H2,1-2H3,(H,40,41)/t19-,20+,21-,25-,27+,33+/m0/s1. The zero-order valence-corrected chi connectivity index (χ0v) is 28.1. The van der Waals surface area contributed by atoms with Crippen LogP contribution in [0.3, 0.4) is 0 Å². The van der Waals surface area contributed by atoms with E-state index in [1.165, 1.54) is 38.5 Å². The molecule has 3 heterocycles. The topological polar surface area (TPSA) is 159 Å². The number of halogens is 5. The van der Waals surface area contributed by atoms with Gasteiger partial charge in [0.15, 0.2) is 5.82 Å². The Bertz CT molecular complexity index is 2040. The number of phenols is 1. The molecule has 7 rings (SSSR count). The molecule has 2 aromatic carbocycles. The maximum absolute atomic E-state index is 15.2. The summed E-state index contributed by atoms with van der Waals surface area (Å²) in [5.74, 6) is -9.56. The molecule has 1 saturated carbocycles. The molecule has 2 saturated heterocycles. The monoisotopic (exact) mass is 746 g/mol. The number of nitrogens with zero attached hydrogens (tertiary/aromatic N) is 3. The van der Waals surface area contributed by atoms with E-state index in [-0.39, 0.29) is 46.3 Å². The lowest BCUT2D eigenvalue weighted by Crippen LogP contribution is -2.53. The highest BCUT2D eigenvalue weighted by atomic mass is 35.5. The molecule has 6 atom stereocenters. The predicted molar refractivity (Wildman–Crippen MR) is 172 cm³/mol. The minimum atomic E-state index is -4.78. The number of hydrogen-bond acceptors (Lipinski definition) is 10. The van der Waals surface area contributed by atoms with E-state index in [1.807, 2.05) is 0 Å². The van der Waals surface area contributed by atoms with Gasteiger partial charge in [-0.2, -0.15) is 23.2 Å². The zero-order chi connectivity index (χ0) is 36.7. The number of allylic oxidation sites excluding steroid dienone is 2. The number of hydrogen-bond donors (Lipinski definition) is 3. The Labute approximate surface area is 297 Å². The van der Waals surface area contributed by atoms with E-state index in [2.05, 4.69) is 10.4 Å². The van der Waals surface area contributed by atoms with Gasteiger partial charge in [-0.3, -0.25) is 29.8 Å². The van der Waals surface area contributed by atoms with Crippen LogP contribution in [0.15, 0.2) is 60.3 Å². The van der Waals surface area contributed by atoms with E-state index < -0.39 is 81.2 Å². The summed E-state index contributed by atoms with van der Waals surface area (Å²) >= 11 is 12.5. The van der Waals surface area contributed by atoms with Crippen molar-refractivity contribution < 1.29 is 52.1 Å². The van der Waals surface area contributed by atoms with Gasteiger partial charge in [0.25, 0.3) is 23.6 Å². The molecule has 3 aromatic rings. The first-order valence-corrected chi connectivity index (χ1v) is 16.3. The van der Waals surface area contributed by atoms with Gasteiger partial charge < -0.3 is 14.6 Å². The molecule has 3 fully saturated rings. The number of alkyl halides is 3. The smallest absolute Gasteiger partial charge is 0.417 e. The predicted octanol–water partition coefficient (Wildman–Crippen LogP) is 5.50. The first-order valence-electron chi connectivity index (χ1n) is 15.5. The summed E-state index contributed by atoms with van der Waals surface area (Å²) in [6.45, 7) is 0. The molecule has 266 valence electrons. The van der Waals surface area contributed by atoms with Crippen molar-refractivity contribution in [1.82, 2.24) is 15.1 Å². The number of benzene rings is 2. The van der Waals surface area contributed by atoms with E-state index in [1.54, 1.807) is 18.2 Å². The van der Waals surface area contributed by atoms with Gasteiger partial charge in [-0.25, -0.2) is 4.98 Å². The summed E-state index contributed by atoms with van der Waals surface area (Å²) in [7, 11) is 2.69. The summed E-state index contributed by atoms with van der Waals surface area (Å²) in [6.07, 6.45) is -2.80. The van der Waals surface area contributed by atoms with Gasteiger partial charge in [0.05, 0.1) is 48.0 Å². The third-order valence-corrected chi connectivity index (χ3v) is 10.9. The molecule has 51 heavy (non-hydrogen) atoms. The van der Waals surface area contributed by atoms with Crippen LogP contribution in [0.2, 0.25) is 10.0 Å². The fourth-order valence-corrected chi connectivity index (χ4v) is 8.58. The lowest BCUT2D eigenvalue weighted by molar-refractivity contribution is -0.173. The molecule has 0 spiro atoms. The molecular formula is C34H27Cl2F3N4O8. The van der Waals surface area contributed by atoms with Gasteiger partial charge in [-0.1, -0.05) is 47.0 Å². The summed E-state index contributed by atoms with van der Waals surface area (Å²) in [6, 6.07) is 9.45. The molecule has 4 aliphatic rings. The van der Waals surface area contributed by atoms with Crippen molar-refractivity contribution in [2.45, 2.75) is 30.4 Å². The van der Waals surface area contributed by atoms with E-state index in [0.29, 0.717) is 27.9 Å². The molecule has 0 unspecified atom stereocenters. The lowest BCUT2D eigenvalue weighted by Gasteiger charge is -2.50. The minimum absolute atomic E-state index is 0.00951. The normalized spacial score (nSPS) is 27.2. The number of nitrogens with one attached hydrogen (secondary N) is 1. The number of anilines is 1. The van der Waals surface area contributed by atoms with Gasteiger partial charge in [-0.15, -0.1) is 0 Å². The number of hydroxylamine groups is 2. The van der Waals surface area contributed by atoms with Crippen LogP contribution in [0, 0.1) is 23.7 Å². The van der Waals surface area contributed by atoms with Crippen LogP contribution in [0.5, 0.6) is 17.2 Å². The van der Waals surface area contributed by atoms with Gasteiger partial charge >= 0.3 is 6.18 Å². The van der Waals surface area contributed by atoms with Crippen molar-refractivity contribution in [3.8, 4) is 17.2 Å². The molecule has 1 aromatic heterocycles. The Balaban J connectivity index is 1.49. The molecule has 0 bridgehead atoms. The van der Waals surface area contributed by atoms with Crippen molar-refractivity contribution in [2.24, 2.45) is 23.7 Å². The van der Waals surface area contributed by atoms with Crippen LogP contribution in [-0.4, -0.2) is 63.2 Å². The van der Waals surface area contributed by atoms with Crippen molar-refractivity contribution in [2.75, 3.05) is 19.6 Å². The fourth-order valence-electron chi connectivity index (χ4n) is 8.24. The molecular weight excluding hydrogens is 720 g/mol. The lowest BCUT2D eigenvalue weighted by atomic mass is 9.49. The van der Waals surface area contributed by atoms with Crippen LogP contribution in [0.25, 0.3) is 0 Å². The van der Waals surface area contributed by atoms with Crippen LogP contribution >= 0.6 is 23.2 Å². The average molecular weight is 748 g/mol. The third kappa shape index (κ3) is 5.04. The van der Waals surface area contributed by atoms with E-state index in [9.17, 15) is 37.9 Å². The molecule has 4 amide bonds. The number of fused-ring (bicyclic) bond motifs is 4. The third-order valence-electron chi connectivity index (χ3n) is 10.4. The van der Waals surface area contributed by atoms with Crippen molar-refractivity contribution in [3.63, 3.8) is 0 Å². The Hall–Kier alpha value is -4.86. The number of methoxy groups -OCH3 is 2. The fraction of sp³-hybridized carbons (Fsp3) is 0.324. The number of pyridine rings is 1. The van der Waals surface area contributed by atoms with Crippen molar-refractivity contribution >= 4 is 52.6 Å². The molecule has 3 N–H and O–H groups in total. The largest absolute Gasteiger partial charge is 0.507 e. The van der Waals surface area contributed by atoms with Gasteiger partial charge in [0.1, 0.15) is 17.2 Å². The number of hydrazine groups is 1. The van der Waals surface area contributed by atoms with Gasteiger partial charge in [0.2, 0.25) is 0 Å². The summed E-state index contributed by atoms with van der Waals surface area (Å²) in [5, 5.41) is 22.5. The second-order valence-electron chi connectivity index (χ2n) is 12.7. The Morgan fingerprint density at radius 3 is 2.31 bits per heavy atom. The maximum Gasteiger partial charge on any atom is 0.417 e. The SMILES string of the molecule is COc1cc(O)c([C@H]2C3=CC[C@@H]4C(=O)N(O)C(=O)[C@@H]4[C@@H]3C[C@H]3C(=O)N(Nc4ncc(C(F)(F)F)cc4Cl)C(=O)[C@@]23c2ccc(Cl)cc2)c(OC)c1. The van der Waals surface area contributed by atoms with Crippen molar-refractivity contribution in [3.05, 3.63) is 87.0 Å². The first-order chi connectivity index (χ1) is 24.1. The van der Waals surface area contributed by atoms with E-state index in [4.69, 9.17) is 32.7 Å². The average Bonchev–Trinajstić information content (AvgIpc) is 3.45. The highest BCUT2D eigenvalue weighted by molar-refractivity contribution is 6.33. The Kier molecular flexibility index (Phi) is 8.23. The number of imide groups is 2. The molecule has 0 radical (unpaired) electrons. The van der Waals surface area contributed by atoms with Crippen molar-refractivity contribution in [1.29, 1.82) is 0 Å². The number of aromatic nitrogens is 1. The number of carbonyl (C=O) groups is 4. The van der Waals surface area contributed by atoms with E-state index in [0.717, 1.165) is 0 Å². The molecule has 17 heteroatoms. The van der Waals surface area contributed by atoms with Gasteiger partial charge in [-0.05, 0) is 42.5 Å². The Morgan fingerprint density at radius 2 is 1.69 bits per heavy atom. The molecule has 2 aliphatic heterocycles. The number of amides is 4. The molecule has 2 aliphatic carbocycles. The highest BCUT2D eigenvalue weighted by Crippen LogP contribution is 2.66. The number of ether oxygens (including phenoxy) is 2. The van der Waals surface area contributed by atoms with Crippen LogP contribution in [-0.2, 0) is 30.8 Å². The summed E-state index contributed by atoms with van der Waals surface area (Å²) in [4.78, 5) is 60.0. The highest BCUT2D eigenvalue weighted by Gasteiger charge is 2.71. The number of carbonyl (C=O) groups excluding carboxylic acids is 4. The summed E-state index contributed by atoms with van der Waals surface area (Å²) in [5.41, 5.74) is 0.190. The zero-order valence-electron chi connectivity index (χ0n) is 26.6. The van der Waals surface area contributed by atoms with Crippen LogP contribution < -0.4 is 14.9 Å². The Morgan fingerprint density at radius 1 is 0.980 bits per heavy atom. The second-order valence-corrected chi connectivity index (χ2v) is 13.5. The number of rotatable bonds is 6. The van der Waals surface area contributed by atoms with Crippen LogP contribution in [0.1, 0.15) is 35.4 Å². The van der Waals surface area contributed by atoms with Crippen LogP contribution in [0.4, 0.5) is 19.0 Å². The van der Waals surface area contributed by atoms with E-state index >= 15 is 4.79 Å². The summed E-state index contributed by atoms with van der Waals surface area (Å²) < 4.78 is 51.3. The number of aromatic hydroxyl groups is 1. The second kappa shape index (κ2) is 12.1. The van der Waals surface area contributed by atoms with Gasteiger partial charge in [0, 0.05) is 34.8 Å². The quantitative estimate of drug-likeness (QED) is 0.167. The maximum atomic E-state index is 15.2. The first kappa shape index (κ1) is 34.6. The molecule has 12 nitrogen and oxygen atoms in total. The minimum Gasteiger partial charge on any atom is -0.507 e.